The van der Waals surface area contributed by atoms with Gasteiger partial charge in [-0.3, -0.25) is 0 Å². The van der Waals surface area contributed by atoms with E-state index in [0.29, 0.717) is 22.8 Å². The van der Waals surface area contributed by atoms with Crippen LogP contribution in [0, 0.1) is 5.82 Å². The molecule has 1 atom stereocenters. The number of hydrogen-bond acceptors (Lipinski definition) is 5. The van der Waals surface area contributed by atoms with E-state index in [0.717, 1.165) is 41.9 Å². The zero-order valence-corrected chi connectivity index (χ0v) is 17.1. The zero-order valence-electron chi connectivity index (χ0n) is 17.1. The van der Waals surface area contributed by atoms with Crippen molar-refractivity contribution in [3.63, 3.8) is 0 Å². The average molecular weight is 415 g/mol. The number of nitrogens with one attached hydrogen (secondary N) is 2. The summed E-state index contributed by atoms with van der Waals surface area (Å²) in [6.45, 7) is 3.64. The summed E-state index contributed by atoms with van der Waals surface area (Å²) in [7, 11) is 0. The van der Waals surface area contributed by atoms with Crippen molar-refractivity contribution in [2.75, 3.05) is 13.1 Å². The van der Waals surface area contributed by atoms with Crippen LogP contribution in [0.25, 0.3) is 28.1 Å². The first-order valence-corrected chi connectivity index (χ1v) is 10.3. The molecule has 1 aliphatic heterocycles. The maximum atomic E-state index is 15.0. The molecule has 156 valence electrons. The van der Waals surface area contributed by atoms with Gasteiger partial charge in [-0.05, 0) is 43.2 Å². The van der Waals surface area contributed by atoms with E-state index in [1.54, 1.807) is 12.1 Å². The molecule has 0 saturated carbocycles. The largest absolute Gasteiger partial charge is 0.486 e. The molecule has 2 N–H and O–H groups in total. The van der Waals surface area contributed by atoms with Crippen LogP contribution in [0.3, 0.4) is 0 Å². The molecule has 5 rings (SSSR count). The molecule has 0 spiro atoms. The van der Waals surface area contributed by atoms with Crippen molar-refractivity contribution in [3.05, 3.63) is 78.0 Å². The number of fused-ring (bicyclic) bond motifs is 1. The van der Waals surface area contributed by atoms with Crippen molar-refractivity contribution >= 4 is 16.7 Å². The second-order valence-corrected chi connectivity index (χ2v) is 7.50. The Labute approximate surface area is 179 Å². The van der Waals surface area contributed by atoms with Crippen molar-refractivity contribution < 1.29 is 9.13 Å². The first-order chi connectivity index (χ1) is 15.2. The minimum Gasteiger partial charge on any atom is -0.486 e. The maximum Gasteiger partial charge on any atom is 0.181 e. The highest BCUT2D eigenvalue weighted by Gasteiger charge is 2.18. The van der Waals surface area contributed by atoms with Gasteiger partial charge >= 0.3 is 0 Å². The van der Waals surface area contributed by atoms with Crippen LogP contribution in [-0.2, 0) is 0 Å². The van der Waals surface area contributed by atoms with Gasteiger partial charge in [-0.2, -0.15) is 0 Å². The number of H-pyrrole nitrogens is 1. The second kappa shape index (κ2) is 8.28. The van der Waals surface area contributed by atoms with Gasteiger partial charge in [0.15, 0.2) is 5.65 Å². The summed E-state index contributed by atoms with van der Waals surface area (Å²) in [5.74, 6) is 0.480. The van der Waals surface area contributed by atoms with Gasteiger partial charge in [-0.1, -0.05) is 36.4 Å². The van der Waals surface area contributed by atoms with Crippen LogP contribution in [0.2, 0.25) is 0 Å². The van der Waals surface area contributed by atoms with E-state index < -0.39 is 5.82 Å². The highest BCUT2D eigenvalue weighted by molar-refractivity contribution is 5.87. The number of aromatic nitrogens is 4. The molecule has 0 radical (unpaired) electrons. The summed E-state index contributed by atoms with van der Waals surface area (Å²) in [5.41, 5.74) is 4.60. The second-order valence-electron chi connectivity index (χ2n) is 7.50. The summed E-state index contributed by atoms with van der Waals surface area (Å²) in [6.07, 6.45) is 4.31. The lowest BCUT2D eigenvalue weighted by molar-refractivity contribution is 0.226. The number of hydrogen-bond donors (Lipinski definition) is 2. The minimum absolute atomic E-state index is 0.186. The highest BCUT2D eigenvalue weighted by Crippen LogP contribution is 2.30. The van der Waals surface area contributed by atoms with Crippen LogP contribution in [0.15, 0.2) is 60.9 Å². The Kier molecular flexibility index (Phi) is 5.18. The third-order valence-corrected chi connectivity index (χ3v) is 5.43. The van der Waals surface area contributed by atoms with Crippen LogP contribution < -0.4 is 10.1 Å². The summed E-state index contributed by atoms with van der Waals surface area (Å²) < 4.78 is 20.9. The van der Waals surface area contributed by atoms with E-state index in [4.69, 9.17) is 4.74 Å². The molecule has 0 amide bonds. The Balaban J connectivity index is 1.44. The number of rotatable bonds is 5. The molecule has 31 heavy (non-hydrogen) atoms. The number of imidazole rings is 1. The third-order valence-electron chi connectivity index (χ3n) is 5.43. The topological polar surface area (TPSA) is 75.7 Å². The van der Waals surface area contributed by atoms with E-state index >= 15 is 0 Å². The standard InChI is InChI=1S/C24H22FN5O/c1-15(16-5-3-2-4-6-16)31-18-7-8-19(20(25)13-18)23-29-22-21(17-9-11-26-12-10-17)27-14-28-24(22)30-23/h2-9,13-15,26H,10-12H2,1H3,(H,27,28,29,30)/t15-/m1/s1. The van der Waals surface area contributed by atoms with Gasteiger partial charge in [-0.25, -0.2) is 19.3 Å². The molecule has 0 saturated heterocycles. The van der Waals surface area contributed by atoms with Gasteiger partial charge in [0.2, 0.25) is 0 Å². The van der Waals surface area contributed by atoms with Gasteiger partial charge < -0.3 is 15.0 Å². The van der Waals surface area contributed by atoms with Crippen molar-refractivity contribution in [2.45, 2.75) is 19.4 Å². The molecular weight excluding hydrogens is 393 g/mol. The number of benzene rings is 2. The molecular formula is C24H22FN5O. The summed E-state index contributed by atoms with van der Waals surface area (Å²) in [6, 6.07) is 14.7. The molecule has 4 aromatic rings. The predicted molar refractivity (Wildman–Crippen MR) is 118 cm³/mol. The van der Waals surface area contributed by atoms with Gasteiger partial charge in [0.05, 0.1) is 11.3 Å². The first kappa shape index (κ1) is 19.4. The van der Waals surface area contributed by atoms with Crippen molar-refractivity contribution in [1.82, 2.24) is 25.3 Å². The first-order valence-electron chi connectivity index (χ1n) is 10.3. The highest BCUT2D eigenvalue weighted by atomic mass is 19.1. The quantitative estimate of drug-likeness (QED) is 0.495. The van der Waals surface area contributed by atoms with Crippen molar-refractivity contribution in [3.8, 4) is 17.1 Å². The van der Waals surface area contributed by atoms with Crippen molar-refractivity contribution in [1.29, 1.82) is 0 Å². The fourth-order valence-corrected chi connectivity index (χ4v) is 3.79. The molecule has 0 unspecified atom stereocenters. The predicted octanol–water partition coefficient (Wildman–Crippen LogP) is 4.68. The van der Waals surface area contributed by atoms with E-state index in [-0.39, 0.29) is 6.10 Å². The van der Waals surface area contributed by atoms with Crippen LogP contribution in [0.5, 0.6) is 5.75 Å². The molecule has 7 heteroatoms. The molecule has 3 heterocycles. The van der Waals surface area contributed by atoms with Gasteiger partial charge in [-0.15, -0.1) is 0 Å². The van der Waals surface area contributed by atoms with Crippen LogP contribution >= 0.6 is 0 Å². The Morgan fingerprint density at radius 3 is 2.74 bits per heavy atom. The lowest BCUT2D eigenvalue weighted by Gasteiger charge is -2.15. The summed E-state index contributed by atoms with van der Waals surface area (Å²) in [5, 5.41) is 3.29. The summed E-state index contributed by atoms with van der Waals surface area (Å²) >= 11 is 0. The number of ether oxygens (including phenoxy) is 1. The number of nitrogens with zero attached hydrogens (tertiary/aromatic N) is 3. The Bertz CT molecular complexity index is 1250. The Morgan fingerprint density at radius 2 is 1.97 bits per heavy atom. The van der Waals surface area contributed by atoms with Crippen molar-refractivity contribution in [2.24, 2.45) is 0 Å². The van der Waals surface area contributed by atoms with Gasteiger partial charge in [0.1, 0.15) is 35.3 Å². The Hall–Kier alpha value is -3.58. The van der Waals surface area contributed by atoms with Crippen LogP contribution in [-0.4, -0.2) is 33.0 Å². The van der Waals surface area contributed by atoms with E-state index in [9.17, 15) is 4.39 Å². The van der Waals surface area contributed by atoms with Gasteiger partial charge in [0, 0.05) is 12.6 Å². The third kappa shape index (κ3) is 3.92. The molecule has 0 bridgehead atoms. The Morgan fingerprint density at radius 1 is 1.10 bits per heavy atom. The molecule has 6 nitrogen and oxygen atoms in total. The number of aromatic amines is 1. The van der Waals surface area contributed by atoms with E-state index in [1.165, 1.54) is 12.4 Å². The summed E-state index contributed by atoms with van der Waals surface area (Å²) in [4.78, 5) is 16.4. The normalized spacial score (nSPS) is 15.0. The zero-order chi connectivity index (χ0) is 21.2. The minimum atomic E-state index is -0.410. The molecule has 2 aromatic carbocycles. The van der Waals surface area contributed by atoms with E-state index in [2.05, 4.69) is 31.3 Å². The van der Waals surface area contributed by atoms with Gasteiger partial charge in [0.25, 0.3) is 0 Å². The molecule has 1 aliphatic rings. The maximum absolute atomic E-state index is 15.0. The molecule has 0 aliphatic carbocycles. The van der Waals surface area contributed by atoms with E-state index in [1.807, 2.05) is 37.3 Å². The average Bonchev–Trinajstić information content (AvgIpc) is 3.24. The van der Waals surface area contributed by atoms with Crippen LogP contribution in [0.1, 0.15) is 30.7 Å². The molecule has 2 aromatic heterocycles. The monoisotopic (exact) mass is 415 g/mol. The fourth-order valence-electron chi connectivity index (χ4n) is 3.79. The van der Waals surface area contributed by atoms with Crippen LogP contribution in [0.4, 0.5) is 4.39 Å². The molecule has 0 fully saturated rings. The lowest BCUT2D eigenvalue weighted by atomic mass is 10.1. The number of halogens is 1. The lowest BCUT2D eigenvalue weighted by Crippen LogP contribution is -2.20. The fraction of sp³-hybridized carbons (Fsp3) is 0.208. The smallest absolute Gasteiger partial charge is 0.181 e. The SMILES string of the molecule is C[C@@H](Oc1ccc(-c2nc3ncnc(C4=CCNCC4)c3[nH]2)c(F)c1)c1ccccc1.